The van der Waals surface area contributed by atoms with E-state index in [0.29, 0.717) is 35.3 Å². The van der Waals surface area contributed by atoms with Gasteiger partial charge < -0.3 is 18.9 Å². The second-order valence-corrected chi connectivity index (χ2v) is 7.05. The number of aromatic nitrogens is 2. The molecule has 0 aliphatic carbocycles. The van der Waals surface area contributed by atoms with Crippen LogP contribution >= 0.6 is 0 Å². The average Bonchev–Trinajstić information content (AvgIpc) is 3.42. The van der Waals surface area contributed by atoms with Gasteiger partial charge in [-0.15, -0.1) is 0 Å². The van der Waals surface area contributed by atoms with Crippen molar-refractivity contribution in [3.05, 3.63) is 59.5 Å². The second kappa shape index (κ2) is 7.95. The molecule has 1 saturated heterocycles. The standard InChI is InChI=1S/C22H23N3O4/c1-14-6-4-7-15(12-14)20-23-21(29-24-20)17-8-5-11-25(17)22(26)16-9-10-18(27-2)19(13-16)28-3/h4,6-7,9-10,12-13,17H,5,8,11H2,1-3H3/t17-/m0/s1. The summed E-state index contributed by atoms with van der Waals surface area (Å²) in [6.07, 6.45) is 1.67. The Labute approximate surface area is 169 Å². The molecular formula is C22H23N3O4. The Morgan fingerprint density at radius 1 is 1.14 bits per heavy atom. The van der Waals surface area contributed by atoms with E-state index < -0.39 is 0 Å². The van der Waals surface area contributed by atoms with Gasteiger partial charge in [-0.3, -0.25) is 4.79 Å². The van der Waals surface area contributed by atoms with Crippen LogP contribution in [0.3, 0.4) is 0 Å². The Morgan fingerprint density at radius 3 is 2.72 bits per heavy atom. The number of methoxy groups -OCH3 is 2. The zero-order chi connectivity index (χ0) is 20.4. The molecule has 0 saturated carbocycles. The van der Waals surface area contributed by atoms with Crippen molar-refractivity contribution in [3.63, 3.8) is 0 Å². The van der Waals surface area contributed by atoms with Crippen molar-refractivity contribution in [3.8, 4) is 22.9 Å². The maximum Gasteiger partial charge on any atom is 0.254 e. The second-order valence-electron chi connectivity index (χ2n) is 7.05. The zero-order valence-electron chi connectivity index (χ0n) is 16.7. The summed E-state index contributed by atoms with van der Waals surface area (Å²) in [7, 11) is 3.12. The lowest BCUT2D eigenvalue weighted by molar-refractivity contribution is 0.0709. The smallest absolute Gasteiger partial charge is 0.254 e. The molecule has 0 spiro atoms. The van der Waals surface area contributed by atoms with Crippen LogP contribution in [0.15, 0.2) is 47.0 Å². The topological polar surface area (TPSA) is 77.7 Å². The van der Waals surface area contributed by atoms with Gasteiger partial charge in [-0.1, -0.05) is 28.9 Å². The lowest BCUT2D eigenvalue weighted by atomic mass is 10.1. The molecule has 2 heterocycles. The number of benzene rings is 2. The van der Waals surface area contributed by atoms with E-state index in [-0.39, 0.29) is 11.9 Å². The van der Waals surface area contributed by atoms with Gasteiger partial charge >= 0.3 is 0 Å². The summed E-state index contributed by atoms with van der Waals surface area (Å²) in [5.74, 6) is 2.01. The first-order valence-electron chi connectivity index (χ1n) is 9.54. The summed E-state index contributed by atoms with van der Waals surface area (Å²) < 4.78 is 16.1. The van der Waals surface area contributed by atoms with Gasteiger partial charge in [0, 0.05) is 17.7 Å². The first-order valence-corrected chi connectivity index (χ1v) is 9.54. The molecule has 7 heteroatoms. The largest absolute Gasteiger partial charge is 0.493 e. The number of amides is 1. The van der Waals surface area contributed by atoms with Crippen LogP contribution in [0.4, 0.5) is 0 Å². The predicted molar refractivity (Wildman–Crippen MR) is 107 cm³/mol. The monoisotopic (exact) mass is 393 g/mol. The van der Waals surface area contributed by atoms with Crippen molar-refractivity contribution in [1.82, 2.24) is 15.0 Å². The number of carbonyl (C=O) groups excluding carboxylic acids is 1. The van der Waals surface area contributed by atoms with Crippen LogP contribution in [0.1, 0.15) is 40.7 Å². The fraction of sp³-hybridized carbons (Fsp3) is 0.318. The van der Waals surface area contributed by atoms with E-state index in [1.54, 1.807) is 37.3 Å². The Kier molecular flexibility index (Phi) is 5.20. The van der Waals surface area contributed by atoms with Gasteiger partial charge in [0.2, 0.25) is 11.7 Å². The van der Waals surface area contributed by atoms with Gasteiger partial charge in [-0.25, -0.2) is 0 Å². The Balaban J connectivity index is 1.59. The van der Waals surface area contributed by atoms with Crippen molar-refractivity contribution in [2.24, 2.45) is 0 Å². The van der Waals surface area contributed by atoms with E-state index in [1.165, 1.54) is 0 Å². The number of carbonyl (C=O) groups is 1. The minimum absolute atomic E-state index is 0.0937. The van der Waals surface area contributed by atoms with Crippen LogP contribution < -0.4 is 9.47 Å². The summed E-state index contributed by atoms with van der Waals surface area (Å²) in [6, 6.07) is 12.9. The summed E-state index contributed by atoms with van der Waals surface area (Å²) in [6.45, 7) is 2.66. The fourth-order valence-electron chi connectivity index (χ4n) is 3.67. The molecule has 1 fully saturated rings. The van der Waals surface area contributed by atoms with Crippen LogP contribution in [0.5, 0.6) is 11.5 Å². The third-order valence-corrected chi connectivity index (χ3v) is 5.15. The molecule has 0 bridgehead atoms. The van der Waals surface area contributed by atoms with Gasteiger partial charge in [0.15, 0.2) is 11.5 Å². The Hall–Kier alpha value is -3.35. The fourth-order valence-corrected chi connectivity index (χ4v) is 3.67. The number of nitrogens with zero attached hydrogens (tertiary/aromatic N) is 3. The lowest BCUT2D eigenvalue weighted by Gasteiger charge is -2.22. The van der Waals surface area contributed by atoms with Gasteiger partial charge in [-0.05, 0) is 44.0 Å². The van der Waals surface area contributed by atoms with Crippen molar-refractivity contribution < 1.29 is 18.8 Å². The molecule has 29 heavy (non-hydrogen) atoms. The molecule has 150 valence electrons. The summed E-state index contributed by atoms with van der Waals surface area (Å²) in [5.41, 5.74) is 2.56. The molecule has 1 aliphatic rings. The number of aryl methyl sites for hydroxylation is 1. The van der Waals surface area contributed by atoms with E-state index in [2.05, 4.69) is 10.1 Å². The van der Waals surface area contributed by atoms with Crippen LogP contribution in [0.2, 0.25) is 0 Å². The van der Waals surface area contributed by atoms with E-state index in [1.807, 2.05) is 31.2 Å². The number of hydrogen-bond acceptors (Lipinski definition) is 6. The minimum atomic E-state index is -0.235. The third kappa shape index (κ3) is 3.68. The van der Waals surface area contributed by atoms with Crippen LogP contribution in [0.25, 0.3) is 11.4 Å². The van der Waals surface area contributed by atoms with E-state index in [9.17, 15) is 4.79 Å². The summed E-state index contributed by atoms with van der Waals surface area (Å²) >= 11 is 0. The molecule has 2 aromatic carbocycles. The number of likely N-dealkylation sites (tertiary alicyclic amines) is 1. The quantitative estimate of drug-likeness (QED) is 0.651. The highest BCUT2D eigenvalue weighted by Gasteiger charge is 2.35. The molecular weight excluding hydrogens is 370 g/mol. The number of rotatable bonds is 5. The molecule has 0 radical (unpaired) electrons. The zero-order valence-corrected chi connectivity index (χ0v) is 16.7. The van der Waals surface area contributed by atoms with Gasteiger partial charge in [0.1, 0.15) is 6.04 Å². The van der Waals surface area contributed by atoms with Gasteiger partial charge in [0.25, 0.3) is 5.91 Å². The summed E-state index contributed by atoms with van der Waals surface area (Å²) in [4.78, 5) is 19.5. The highest BCUT2D eigenvalue weighted by molar-refractivity contribution is 5.95. The van der Waals surface area contributed by atoms with Crippen molar-refractivity contribution in [1.29, 1.82) is 0 Å². The molecule has 0 unspecified atom stereocenters. The van der Waals surface area contributed by atoms with Crippen LogP contribution in [-0.2, 0) is 0 Å². The molecule has 1 atom stereocenters. The first-order chi connectivity index (χ1) is 14.1. The SMILES string of the molecule is COc1ccc(C(=O)N2CCC[C@H]2c2nc(-c3cccc(C)c3)no2)cc1OC. The Morgan fingerprint density at radius 2 is 1.97 bits per heavy atom. The van der Waals surface area contributed by atoms with Crippen molar-refractivity contribution in [2.45, 2.75) is 25.8 Å². The number of hydrogen-bond donors (Lipinski definition) is 0. The van der Waals surface area contributed by atoms with E-state index in [4.69, 9.17) is 14.0 Å². The minimum Gasteiger partial charge on any atom is -0.493 e. The normalized spacial score (nSPS) is 16.1. The molecule has 0 N–H and O–H groups in total. The van der Waals surface area contributed by atoms with Crippen LogP contribution in [0, 0.1) is 6.92 Å². The van der Waals surface area contributed by atoms with Crippen LogP contribution in [-0.4, -0.2) is 41.7 Å². The molecule has 1 aliphatic heterocycles. The maximum atomic E-state index is 13.2. The van der Waals surface area contributed by atoms with Crippen molar-refractivity contribution >= 4 is 5.91 Å². The highest BCUT2D eigenvalue weighted by atomic mass is 16.5. The average molecular weight is 393 g/mol. The predicted octanol–water partition coefficient (Wildman–Crippen LogP) is 4.04. The van der Waals surface area contributed by atoms with Gasteiger partial charge in [0.05, 0.1) is 14.2 Å². The van der Waals surface area contributed by atoms with Crippen molar-refractivity contribution in [2.75, 3.05) is 20.8 Å². The highest BCUT2D eigenvalue weighted by Crippen LogP contribution is 2.35. The molecule has 1 aromatic heterocycles. The number of ether oxygens (including phenoxy) is 2. The third-order valence-electron chi connectivity index (χ3n) is 5.15. The molecule has 1 amide bonds. The molecule has 7 nitrogen and oxygen atoms in total. The molecule has 4 rings (SSSR count). The first kappa shape index (κ1) is 19.0. The van der Waals surface area contributed by atoms with Gasteiger partial charge in [-0.2, -0.15) is 4.98 Å². The maximum absolute atomic E-state index is 13.2. The Bertz CT molecular complexity index is 1030. The summed E-state index contributed by atoms with van der Waals surface area (Å²) in [5, 5.41) is 4.13. The molecule has 3 aromatic rings. The van der Waals surface area contributed by atoms with E-state index >= 15 is 0 Å². The lowest BCUT2D eigenvalue weighted by Crippen LogP contribution is -2.30. The van der Waals surface area contributed by atoms with E-state index in [0.717, 1.165) is 24.0 Å².